The summed E-state index contributed by atoms with van der Waals surface area (Å²) < 4.78 is 39.9. The fraction of sp³-hybridized carbons (Fsp3) is 0.259. The molecule has 0 saturated heterocycles. The van der Waals surface area contributed by atoms with E-state index in [4.69, 9.17) is 16.3 Å². The molecule has 0 saturated carbocycles. The predicted octanol–water partition coefficient (Wildman–Crippen LogP) is 5.11. The number of fused-ring (bicyclic) bond motifs is 1. The molecule has 7 nitrogen and oxygen atoms in total. The van der Waals surface area contributed by atoms with Crippen LogP contribution in [0.2, 0.25) is 5.02 Å². The van der Waals surface area contributed by atoms with Gasteiger partial charge in [0.05, 0.1) is 10.9 Å². The topological polar surface area (TPSA) is 82.7 Å². The van der Waals surface area contributed by atoms with Crippen LogP contribution in [-0.2, 0) is 20.0 Å². The van der Waals surface area contributed by atoms with Gasteiger partial charge in [0, 0.05) is 50.2 Å². The van der Waals surface area contributed by atoms with E-state index in [0.29, 0.717) is 28.8 Å². The highest BCUT2D eigenvalue weighted by Gasteiger charge is 2.24. The van der Waals surface area contributed by atoms with E-state index in [1.54, 1.807) is 37.4 Å². The lowest BCUT2D eigenvalue weighted by molar-refractivity contribution is -0.158. The Bertz CT molecular complexity index is 1540. The quantitative estimate of drug-likeness (QED) is 0.325. The summed E-state index contributed by atoms with van der Waals surface area (Å²) in [6, 6.07) is 16.1. The van der Waals surface area contributed by atoms with E-state index in [-0.39, 0.29) is 42.9 Å². The first kappa shape index (κ1) is 26.4. The third-order valence-electron chi connectivity index (χ3n) is 5.75. The SMILES string of the molecule is Cn1c(=O)n(CCCO)c(=O)c2c(Cc3ccc(Cl)cc3)c(Oc3cccc(OC(C)(F)F)c3)ccc21. The number of hydrogen-bond donors (Lipinski definition) is 1. The number of aliphatic hydroxyl groups excluding tert-OH is 1. The Kier molecular flexibility index (Phi) is 7.65. The van der Waals surface area contributed by atoms with Crippen molar-refractivity contribution in [2.75, 3.05) is 6.61 Å². The largest absolute Gasteiger partial charge is 0.457 e. The second-order valence-electron chi connectivity index (χ2n) is 8.60. The van der Waals surface area contributed by atoms with Crippen LogP contribution in [0.5, 0.6) is 17.2 Å². The average molecular weight is 531 g/mol. The number of aromatic nitrogens is 2. The van der Waals surface area contributed by atoms with Gasteiger partial charge in [0.25, 0.3) is 5.56 Å². The fourth-order valence-electron chi connectivity index (χ4n) is 4.08. The maximum absolute atomic E-state index is 13.6. The molecule has 3 aromatic carbocycles. The highest BCUT2D eigenvalue weighted by atomic mass is 35.5. The van der Waals surface area contributed by atoms with Gasteiger partial charge in [-0.05, 0) is 48.4 Å². The van der Waals surface area contributed by atoms with Crippen LogP contribution >= 0.6 is 11.6 Å². The summed E-state index contributed by atoms with van der Waals surface area (Å²) in [7, 11) is 1.57. The molecule has 0 aliphatic heterocycles. The molecule has 4 aromatic rings. The van der Waals surface area contributed by atoms with Crippen molar-refractivity contribution in [3.8, 4) is 17.2 Å². The number of benzene rings is 3. The lowest BCUT2D eigenvalue weighted by Crippen LogP contribution is -2.39. The van der Waals surface area contributed by atoms with E-state index >= 15 is 0 Å². The van der Waals surface area contributed by atoms with Gasteiger partial charge < -0.3 is 14.6 Å². The third-order valence-corrected chi connectivity index (χ3v) is 6.00. The monoisotopic (exact) mass is 530 g/mol. The van der Waals surface area contributed by atoms with Crippen LogP contribution in [0.3, 0.4) is 0 Å². The Morgan fingerprint density at radius 1 is 1.03 bits per heavy atom. The highest BCUT2D eigenvalue weighted by molar-refractivity contribution is 6.30. The number of nitrogens with zero attached hydrogens (tertiary/aromatic N) is 2. The van der Waals surface area contributed by atoms with Crippen molar-refractivity contribution in [2.45, 2.75) is 32.4 Å². The number of rotatable bonds is 9. The van der Waals surface area contributed by atoms with Gasteiger partial charge in [-0.2, -0.15) is 8.78 Å². The molecular weight excluding hydrogens is 506 g/mol. The standard InChI is InChI=1S/C27H25ClF2N2O5/c1-27(29,30)37-20-6-3-5-19(16-20)36-23-12-11-22-24(21(23)15-17-7-9-18(28)10-8-17)25(34)32(13-4-14-33)26(35)31(22)2/h3,5-12,16,33H,4,13-15H2,1-2H3. The summed E-state index contributed by atoms with van der Waals surface area (Å²) in [5.74, 6) is 0.454. The third kappa shape index (κ3) is 6.00. The molecule has 10 heteroatoms. The second kappa shape index (κ2) is 10.7. The van der Waals surface area contributed by atoms with Crippen molar-refractivity contribution in [3.63, 3.8) is 0 Å². The molecule has 4 rings (SSSR count). The highest BCUT2D eigenvalue weighted by Crippen LogP contribution is 2.34. The molecule has 1 heterocycles. The minimum absolute atomic E-state index is 0.0496. The summed E-state index contributed by atoms with van der Waals surface area (Å²) >= 11 is 6.04. The van der Waals surface area contributed by atoms with Crippen LogP contribution in [0, 0.1) is 0 Å². The van der Waals surface area contributed by atoms with Crippen molar-refractivity contribution in [3.05, 3.63) is 97.7 Å². The van der Waals surface area contributed by atoms with Crippen molar-refractivity contribution >= 4 is 22.5 Å². The molecule has 0 amide bonds. The Hall–Kier alpha value is -3.69. The molecule has 1 N–H and O–H groups in total. The smallest absolute Gasteiger partial charge is 0.394 e. The number of halogens is 3. The molecular formula is C27H25ClF2N2O5. The minimum atomic E-state index is -3.37. The van der Waals surface area contributed by atoms with E-state index in [0.717, 1.165) is 10.1 Å². The maximum Gasteiger partial charge on any atom is 0.394 e. The Balaban J connectivity index is 1.90. The van der Waals surface area contributed by atoms with Crippen LogP contribution in [0.25, 0.3) is 10.9 Å². The van der Waals surface area contributed by atoms with E-state index in [1.807, 2.05) is 12.1 Å². The van der Waals surface area contributed by atoms with Crippen LogP contribution in [0.15, 0.2) is 70.3 Å². The Labute approximate surface area is 216 Å². The van der Waals surface area contributed by atoms with Crippen molar-refractivity contribution in [1.82, 2.24) is 9.13 Å². The molecule has 0 aliphatic carbocycles. The first-order valence-electron chi connectivity index (χ1n) is 11.5. The summed E-state index contributed by atoms with van der Waals surface area (Å²) in [4.78, 5) is 26.4. The van der Waals surface area contributed by atoms with Crippen LogP contribution < -0.4 is 20.7 Å². The molecule has 0 spiro atoms. The van der Waals surface area contributed by atoms with Crippen LogP contribution in [-0.4, -0.2) is 27.0 Å². The van der Waals surface area contributed by atoms with E-state index in [1.165, 1.54) is 22.8 Å². The maximum atomic E-state index is 13.6. The van der Waals surface area contributed by atoms with Gasteiger partial charge in [-0.1, -0.05) is 29.8 Å². The zero-order valence-corrected chi connectivity index (χ0v) is 21.0. The minimum Gasteiger partial charge on any atom is -0.457 e. The molecule has 0 aliphatic rings. The van der Waals surface area contributed by atoms with E-state index < -0.39 is 17.4 Å². The molecule has 0 unspecified atom stereocenters. The fourth-order valence-corrected chi connectivity index (χ4v) is 4.21. The molecule has 0 radical (unpaired) electrons. The molecule has 0 fully saturated rings. The Morgan fingerprint density at radius 3 is 2.41 bits per heavy atom. The van der Waals surface area contributed by atoms with Gasteiger partial charge in [0.2, 0.25) is 0 Å². The van der Waals surface area contributed by atoms with Gasteiger partial charge in [-0.15, -0.1) is 0 Å². The average Bonchev–Trinajstić information content (AvgIpc) is 2.84. The van der Waals surface area contributed by atoms with Gasteiger partial charge in [-0.25, -0.2) is 4.79 Å². The normalized spacial score (nSPS) is 11.6. The first-order valence-corrected chi connectivity index (χ1v) is 11.9. The van der Waals surface area contributed by atoms with Crippen molar-refractivity contribution in [2.24, 2.45) is 7.05 Å². The Morgan fingerprint density at radius 2 is 1.73 bits per heavy atom. The molecule has 1 aromatic heterocycles. The summed E-state index contributed by atoms with van der Waals surface area (Å²) in [6.07, 6.45) is -2.87. The van der Waals surface area contributed by atoms with E-state index in [9.17, 15) is 23.5 Å². The van der Waals surface area contributed by atoms with Crippen molar-refractivity contribution in [1.29, 1.82) is 0 Å². The van der Waals surface area contributed by atoms with Gasteiger partial charge in [-0.3, -0.25) is 13.9 Å². The zero-order chi connectivity index (χ0) is 26.7. The number of ether oxygens (including phenoxy) is 2. The zero-order valence-electron chi connectivity index (χ0n) is 20.2. The first-order chi connectivity index (χ1) is 17.6. The van der Waals surface area contributed by atoms with Gasteiger partial charge in [0.15, 0.2) is 0 Å². The number of aliphatic hydroxyl groups is 1. The van der Waals surface area contributed by atoms with Crippen LogP contribution in [0.1, 0.15) is 24.5 Å². The summed E-state index contributed by atoms with van der Waals surface area (Å²) in [6.45, 7) is 0.512. The molecule has 194 valence electrons. The van der Waals surface area contributed by atoms with Crippen LogP contribution in [0.4, 0.5) is 8.78 Å². The van der Waals surface area contributed by atoms with Gasteiger partial charge >= 0.3 is 11.8 Å². The number of aryl methyl sites for hydroxylation is 1. The number of hydrogen-bond acceptors (Lipinski definition) is 5. The van der Waals surface area contributed by atoms with Gasteiger partial charge in [0.1, 0.15) is 17.2 Å². The molecule has 0 bridgehead atoms. The van der Waals surface area contributed by atoms with E-state index in [2.05, 4.69) is 4.74 Å². The number of alkyl halides is 2. The predicted molar refractivity (Wildman–Crippen MR) is 137 cm³/mol. The lowest BCUT2D eigenvalue weighted by Gasteiger charge is -2.18. The summed E-state index contributed by atoms with van der Waals surface area (Å²) in [5, 5.41) is 10.1. The van der Waals surface area contributed by atoms with Crippen molar-refractivity contribution < 1.29 is 23.4 Å². The molecule has 0 atom stereocenters. The molecule has 37 heavy (non-hydrogen) atoms. The lowest BCUT2D eigenvalue weighted by atomic mass is 9.99. The second-order valence-corrected chi connectivity index (χ2v) is 9.04. The summed E-state index contributed by atoms with van der Waals surface area (Å²) in [5.41, 5.74) is 0.741.